The van der Waals surface area contributed by atoms with Crippen LogP contribution in [0.1, 0.15) is 27.2 Å². The van der Waals surface area contributed by atoms with Gasteiger partial charge in [-0.3, -0.25) is 4.79 Å². The number of aromatic nitrogens is 3. The zero-order chi connectivity index (χ0) is 15.2. The molecule has 2 rings (SSSR count). The van der Waals surface area contributed by atoms with Crippen LogP contribution in [0, 0.1) is 0 Å². The number of nitrogens with zero attached hydrogens (tertiary/aromatic N) is 4. The molecule has 2 N–H and O–H groups in total. The predicted molar refractivity (Wildman–Crippen MR) is 79.6 cm³/mol. The molecule has 8 nitrogen and oxygen atoms in total. The van der Waals surface area contributed by atoms with Crippen LogP contribution in [0.25, 0.3) is 0 Å². The molecule has 0 aromatic carbocycles. The molecule has 1 amide bonds. The SMILES string of the molecule is CCCNc1nc(OCC)nc(N2CCNC(=O)C2C)n1. The van der Waals surface area contributed by atoms with Gasteiger partial charge in [0.05, 0.1) is 6.61 Å². The number of nitrogens with one attached hydrogen (secondary N) is 2. The van der Waals surface area contributed by atoms with Crippen LogP contribution >= 0.6 is 0 Å². The molecule has 1 aromatic heterocycles. The Balaban J connectivity index is 2.27. The molecular formula is C13H22N6O2. The van der Waals surface area contributed by atoms with Crippen LogP contribution in [-0.2, 0) is 4.79 Å². The van der Waals surface area contributed by atoms with Crippen LogP contribution in [0.5, 0.6) is 6.01 Å². The Bertz CT molecular complexity index is 496. The van der Waals surface area contributed by atoms with E-state index in [1.165, 1.54) is 0 Å². The van der Waals surface area contributed by atoms with Gasteiger partial charge in [0.2, 0.25) is 17.8 Å². The van der Waals surface area contributed by atoms with E-state index in [0.29, 0.717) is 31.6 Å². The maximum absolute atomic E-state index is 11.8. The molecule has 116 valence electrons. The molecule has 1 aliphatic heterocycles. The standard InChI is InChI=1S/C13H22N6O2/c1-4-6-15-11-16-12(18-13(17-11)21-5-2)19-8-7-14-10(20)9(19)3/h9H,4-8H2,1-3H3,(H,14,20)(H,15,16,17,18). The molecule has 0 spiro atoms. The van der Waals surface area contributed by atoms with Gasteiger partial charge in [-0.05, 0) is 20.3 Å². The molecule has 1 unspecified atom stereocenters. The maximum Gasteiger partial charge on any atom is 0.323 e. The summed E-state index contributed by atoms with van der Waals surface area (Å²) in [5, 5.41) is 5.95. The van der Waals surface area contributed by atoms with Gasteiger partial charge in [0.1, 0.15) is 6.04 Å². The Kier molecular flexibility index (Phi) is 5.13. The van der Waals surface area contributed by atoms with Crippen LogP contribution < -0.4 is 20.3 Å². The Morgan fingerprint density at radius 3 is 2.90 bits per heavy atom. The number of anilines is 2. The lowest BCUT2D eigenvalue weighted by Crippen LogP contribution is -2.54. The zero-order valence-electron chi connectivity index (χ0n) is 12.7. The number of carbonyl (C=O) groups excluding carboxylic acids is 1. The fourth-order valence-corrected chi connectivity index (χ4v) is 2.04. The lowest BCUT2D eigenvalue weighted by molar-refractivity contribution is -0.122. The van der Waals surface area contributed by atoms with Gasteiger partial charge in [0.25, 0.3) is 0 Å². The van der Waals surface area contributed by atoms with Gasteiger partial charge in [0.15, 0.2) is 0 Å². The van der Waals surface area contributed by atoms with Crippen LogP contribution in [0.15, 0.2) is 0 Å². The Morgan fingerprint density at radius 1 is 1.38 bits per heavy atom. The molecule has 1 saturated heterocycles. The number of rotatable bonds is 6. The quantitative estimate of drug-likeness (QED) is 0.785. The Morgan fingerprint density at radius 2 is 2.19 bits per heavy atom. The maximum atomic E-state index is 11.8. The van der Waals surface area contributed by atoms with Gasteiger partial charge < -0.3 is 20.3 Å². The summed E-state index contributed by atoms with van der Waals surface area (Å²) in [4.78, 5) is 26.5. The van der Waals surface area contributed by atoms with Gasteiger partial charge >= 0.3 is 6.01 Å². The summed E-state index contributed by atoms with van der Waals surface area (Å²) >= 11 is 0. The van der Waals surface area contributed by atoms with E-state index in [-0.39, 0.29) is 18.0 Å². The van der Waals surface area contributed by atoms with E-state index >= 15 is 0 Å². The second kappa shape index (κ2) is 7.05. The zero-order valence-corrected chi connectivity index (χ0v) is 12.7. The van der Waals surface area contributed by atoms with Crippen molar-refractivity contribution in [3.8, 4) is 6.01 Å². The molecule has 1 atom stereocenters. The summed E-state index contributed by atoms with van der Waals surface area (Å²) in [6.07, 6.45) is 0.966. The van der Waals surface area contributed by atoms with Crippen molar-refractivity contribution in [1.29, 1.82) is 0 Å². The van der Waals surface area contributed by atoms with Crippen LogP contribution in [-0.4, -0.2) is 53.1 Å². The fraction of sp³-hybridized carbons (Fsp3) is 0.692. The first kappa shape index (κ1) is 15.3. The van der Waals surface area contributed by atoms with Crippen LogP contribution in [0.3, 0.4) is 0 Å². The van der Waals surface area contributed by atoms with E-state index in [1.54, 1.807) is 0 Å². The minimum Gasteiger partial charge on any atom is -0.464 e. The molecule has 21 heavy (non-hydrogen) atoms. The first-order chi connectivity index (χ1) is 10.2. The molecule has 0 bridgehead atoms. The third-order valence-corrected chi connectivity index (χ3v) is 3.17. The van der Waals surface area contributed by atoms with Crippen LogP contribution in [0.2, 0.25) is 0 Å². The Labute approximate surface area is 124 Å². The lowest BCUT2D eigenvalue weighted by Gasteiger charge is -2.32. The largest absolute Gasteiger partial charge is 0.464 e. The average Bonchev–Trinajstić information content (AvgIpc) is 2.48. The molecule has 1 aliphatic rings. The average molecular weight is 294 g/mol. The van der Waals surface area contributed by atoms with Crippen molar-refractivity contribution in [3.05, 3.63) is 0 Å². The summed E-state index contributed by atoms with van der Waals surface area (Å²) in [7, 11) is 0. The highest BCUT2D eigenvalue weighted by Crippen LogP contribution is 2.18. The fourth-order valence-electron chi connectivity index (χ4n) is 2.04. The van der Waals surface area contributed by atoms with Gasteiger partial charge in [0, 0.05) is 19.6 Å². The van der Waals surface area contributed by atoms with Gasteiger partial charge in [-0.2, -0.15) is 15.0 Å². The van der Waals surface area contributed by atoms with Crippen molar-refractivity contribution in [2.75, 3.05) is 36.5 Å². The summed E-state index contributed by atoms with van der Waals surface area (Å²) < 4.78 is 5.39. The topological polar surface area (TPSA) is 92.3 Å². The molecule has 0 saturated carbocycles. The van der Waals surface area contributed by atoms with E-state index in [2.05, 4.69) is 32.5 Å². The van der Waals surface area contributed by atoms with Crippen molar-refractivity contribution in [1.82, 2.24) is 20.3 Å². The summed E-state index contributed by atoms with van der Waals surface area (Å²) in [6.45, 7) is 8.26. The number of piperazine rings is 1. The van der Waals surface area contributed by atoms with Crippen molar-refractivity contribution >= 4 is 17.8 Å². The monoisotopic (exact) mass is 294 g/mol. The van der Waals surface area contributed by atoms with Gasteiger partial charge in [-0.1, -0.05) is 6.92 Å². The normalized spacial score (nSPS) is 18.3. The Hall–Kier alpha value is -2.12. The van der Waals surface area contributed by atoms with Crippen molar-refractivity contribution in [3.63, 3.8) is 0 Å². The van der Waals surface area contributed by atoms with Crippen molar-refractivity contribution in [2.45, 2.75) is 33.2 Å². The van der Waals surface area contributed by atoms with Gasteiger partial charge in [-0.15, -0.1) is 0 Å². The molecule has 2 heterocycles. The third kappa shape index (κ3) is 3.71. The van der Waals surface area contributed by atoms with E-state index in [4.69, 9.17) is 4.74 Å². The van der Waals surface area contributed by atoms with E-state index in [9.17, 15) is 4.79 Å². The first-order valence-electron chi connectivity index (χ1n) is 7.32. The molecular weight excluding hydrogens is 272 g/mol. The number of carbonyl (C=O) groups is 1. The third-order valence-electron chi connectivity index (χ3n) is 3.17. The predicted octanol–water partition coefficient (Wildman–Crippen LogP) is 0.417. The van der Waals surface area contributed by atoms with E-state index in [1.807, 2.05) is 18.7 Å². The highest BCUT2D eigenvalue weighted by atomic mass is 16.5. The minimum absolute atomic E-state index is 0.0253. The lowest BCUT2D eigenvalue weighted by atomic mass is 10.2. The van der Waals surface area contributed by atoms with Gasteiger partial charge in [-0.25, -0.2) is 0 Å². The molecule has 0 radical (unpaired) electrons. The molecule has 1 fully saturated rings. The van der Waals surface area contributed by atoms with Crippen LogP contribution in [0.4, 0.5) is 11.9 Å². The second-order valence-corrected chi connectivity index (χ2v) is 4.76. The highest BCUT2D eigenvalue weighted by Gasteiger charge is 2.28. The van der Waals surface area contributed by atoms with E-state index in [0.717, 1.165) is 13.0 Å². The highest BCUT2D eigenvalue weighted by molar-refractivity contribution is 5.85. The smallest absolute Gasteiger partial charge is 0.323 e. The van der Waals surface area contributed by atoms with Crippen molar-refractivity contribution in [2.24, 2.45) is 0 Å². The first-order valence-corrected chi connectivity index (χ1v) is 7.32. The second-order valence-electron chi connectivity index (χ2n) is 4.76. The summed E-state index contributed by atoms with van der Waals surface area (Å²) in [6, 6.07) is -0.0334. The van der Waals surface area contributed by atoms with E-state index < -0.39 is 0 Å². The molecule has 8 heteroatoms. The number of amides is 1. The minimum atomic E-state index is -0.311. The number of hydrogen-bond donors (Lipinski definition) is 2. The molecule has 0 aliphatic carbocycles. The number of ether oxygens (including phenoxy) is 1. The summed E-state index contributed by atoms with van der Waals surface area (Å²) in [5.74, 6) is 0.917. The summed E-state index contributed by atoms with van der Waals surface area (Å²) in [5.41, 5.74) is 0. The number of hydrogen-bond acceptors (Lipinski definition) is 7. The molecule has 1 aromatic rings. The van der Waals surface area contributed by atoms with Crippen molar-refractivity contribution < 1.29 is 9.53 Å².